The summed E-state index contributed by atoms with van der Waals surface area (Å²) < 4.78 is 38.3. The van der Waals surface area contributed by atoms with E-state index in [0.29, 0.717) is 18.6 Å². The molecular weight excluding hydrogens is 278 g/mol. The molecule has 0 aromatic heterocycles. The van der Waals surface area contributed by atoms with Crippen LogP contribution in [-0.4, -0.2) is 12.9 Å². The minimum absolute atomic E-state index is 0.0899. The Balaban J connectivity index is 2.32. The number of halogens is 2. The zero-order valence-electron chi connectivity index (χ0n) is 11.4. The molecule has 0 bridgehead atoms. The highest BCUT2D eigenvalue weighted by atomic mass is 19.1. The molecule has 0 aliphatic heterocycles. The Labute approximate surface area is 121 Å². The molecule has 0 heterocycles. The molecule has 0 saturated carbocycles. The molecule has 2 aromatic rings. The smallest absolute Gasteiger partial charge is 0.198 e. The van der Waals surface area contributed by atoms with Crippen LogP contribution >= 0.6 is 0 Å². The van der Waals surface area contributed by atoms with E-state index in [-0.39, 0.29) is 11.3 Å². The fraction of sp³-hybridized carbons (Fsp3) is 0.188. The lowest BCUT2D eigenvalue weighted by atomic mass is 10.2. The number of rotatable bonds is 6. The van der Waals surface area contributed by atoms with E-state index in [1.54, 1.807) is 24.3 Å². The first kappa shape index (κ1) is 15.0. The molecule has 0 saturated heterocycles. The van der Waals surface area contributed by atoms with Crippen LogP contribution in [0.15, 0.2) is 36.4 Å². The van der Waals surface area contributed by atoms with E-state index in [2.05, 4.69) is 0 Å². The predicted octanol–water partition coefficient (Wildman–Crippen LogP) is 4.36. The normalized spacial score (nSPS) is 10.2. The monoisotopic (exact) mass is 292 g/mol. The zero-order valence-corrected chi connectivity index (χ0v) is 11.4. The van der Waals surface area contributed by atoms with E-state index in [4.69, 9.17) is 9.47 Å². The Kier molecular flexibility index (Phi) is 4.87. The van der Waals surface area contributed by atoms with Gasteiger partial charge in [0.15, 0.2) is 28.9 Å². The second-order valence-electron chi connectivity index (χ2n) is 4.33. The Morgan fingerprint density at radius 1 is 1.10 bits per heavy atom. The van der Waals surface area contributed by atoms with Gasteiger partial charge in [-0.2, -0.15) is 0 Å². The van der Waals surface area contributed by atoms with Crippen LogP contribution in [0.4, 0.5) is 8.78 Å². The summed E-state index contributed by atoms with van der Waals surface area (Å²) in [7, 11) is 0. The van der Waals surface area contributed by atoms with Crippen LogP contribution in [-0.2, 0) is 0 Å². The highest BCUT2D eigenvalue weighted by molar-refractivity contribution is 5.75. The summed E-state index contributed by atoms with van der Waals surface area (Å²) >= 11 is 0. The topological polar surface area (TPSA) is 35.5 Å². The lowest BCUT2D eigenvalue weighted by Crippen LogP contribution is -1.99. The van der Waals surface area contributed by atoms with E-state index in [0.717, 1.165) is 18.6 Å². The SMILES string of the molecule is CCCOc1ccccc1Oc1c(F)cc(C=O)cc1F. The Morgan fingerprint density at radius 3 is 2.29 bits per heavy atom. The third-order valence-electron chi connectivity index (χ3n) is 2.68. The average molecular weight is 292 g/mol. The molecule has 0 spiro atoms. The van der Waals surface area contributed by atoms with Crippen molar-refractivity contribution in [1.29, 1.82) is 0 Å². The first-order valence-corrected chi connectivity index (χ1v) is 6.49. The third-order valence-corrected chi connectivity index (χ3v) is 2.68. The number of aldehydes is 1. The quantitative estimate of drug-likeness (QED) is 0.742. The maximum Gasteiger partial charge on any atom is 0.198 e. The minimum atomic E-state index is -0.942. The number of hydrogen-bond donors (Lipinski definition) is 0. The second-order valence-corrected chi connectivity index (χ2v) is 4.33. The molecule has 21 heavy (non-hydrogen) atoms. The van der Waals surface area contributed by atoms with Crippen molar-refractivity contribution in [2.24, 2.45) is 0 Å². The van der Waals surface area contributed by atoms with E-state index < -0.39 is 17.4 Å². The first-order chi connectivity index (χ1) is 10.2. The highest BCUT2D eigenvalue weighted by Crippen LogP contribution is 2.34. The van der Waals surface area contributed by atoms with Gasteiger partial charge in [0.25, 0.3) is 0 Å². The van der Waals surface area contributed by atoms with Crippen LogP contribution in [0.5, 0.6) is 17.2 Å². The van der Waals surface area contributed by atoms with E-state index >= 15 is 0 Å². The molecule has 2 rings (SSSR count). The number of carbonyl (C=O) groups excluding carboxylic acids is 1. The number of para-hydroxylation sites is 2. The molecule has 0 fully saturated rings. The molecule has 0 aliphatic rings. The summed E-state index contributed by atoms with van der Waals surface area (Å²) in [5.74, 6) is -1.84. The molecular formula is C16H14F2O3. The van der Waals surface area contributed by atoms with Crippen molar-refractivity contribution in [2.75, 3.05) is 6.61 Å². The molecule has 0 aliphatic carbocycles. The standard InChI is InChI=1S/C16H14F2O3/c1-2-7-20-14-5-3-4-6-15(14)21-16-12(17)8-11(10-19)9-13(16)18/h3-6,8-10H,2,7H2,1H3. The number of benzene rings is 2. The molecule has 3 nitrogen and oxygen atoms in total. The van der Waals surface area contributed by atoms with E-state index in [1.807, 2.05) is 6.92 Å². The Morgan fingerprint density at radius 2 is 1.71 bits per heavy atom. The summed E-state index contributed by atoms with van der Waals surface area (Å²) in [4.78, 5) is 10.6. The van der Waals surface area contributed by atoms with Gasteiger partial charge < -0.3 is 9.47 Å². The molecule has 0 unspecified atom stereocenters. The summed E-state index contributed by atoms with van der Waals surface area (Å²) in [5, 5.41) is 0. The van der Waals surface area contributed by atoms with Crippen LogP contribution < -0.4 is 9.47 Å². The van der Waals surface area contributed by atoms with Crippen LogP contribution in [0.1, 0.15) is 23.7 Å². The van der Waals surface area contributed by atoms with Crippen LogP contribution in [0.3, 0.4) is 0 Å². The molecule has 5 heteroatoms. The zero-order chi connectivity index (χ0) is 15.2. The maximum absolute atomic E-state index is 13.8. The molecule has 0 atom stereocenters. The Hall–Kier alpha value is -2.43. The van der Waals surface area contributed by atoms with Gasteiger partial charge in [-0.15, -0.1) is 0 Å². The number of hydrogen-bond acceptors (Lipinski definition) is 3. The van der Waals surface area contributed by atoms with Gasteiger partial charge in [-0.3, -0.25) is 4.79 Å². The third kappa shape index (κ3) is 3.56. The first-order valence-electron chi connectivity index (χ1n) is 6.49. The average Bonchev–Trinajstić information content (AvgIpc) is 2.49. The van der Waals surface area contributed by atoms with Gasteiger partial charge in [0.05, 0.1) is 6.61 Å². The van der Waals surface area contributed by atoms with Gasteiger partial charge >= 0.3 is 0 Å². The molecule has 2 aromatic carbocycles. The van der Waals surface area contributed by atoms with Gasteiger partial charge in [-0.05, 0) is 30.7 Å². The van der Waals surface area contributed by atoms with E-state index in [1.165, 1.54) is 0 Å². The van der Waals surface area contributed by atoms with Gasteiger partial charge in [0.1, 0.15) is 6.29 Å². The van der Waals surface area contributed by atoms with Gasteiger partial charge in [-0.25, -0.2) is 8.78 Å². The van der Waals surface area contributed by atoms with Crippen molar-refractivity contribution in [3.05, 3.63) is 53.6 Å². The van der Waals surface area contributed by atoms with Crippen LogP contribution in [0.2, 0.25) is 0 Å². The summed E-state index contributed by atoms with van der Waals surface area (Å²) in [6, 6.07) is 8.45. The summed E-state index contributed by atoms with van der Waals surface area (Å²) in [5.41, 5.74) is -0.0899. The maximum atomic E-state index is 13.8. The van der Waals surface area contributed by atoms with Crippen LogP contribution in [0, 0.1) is 11.6 Å². The summed E-state index contributed by atoms with van der Waals surface area (Å²) in [6.45, 7) is 2.41. The van der Waals surface area contributed by atoms with Crippen molar-refractivity contribution in [3.8, 4) is 17.2 Å². The number of carbonyl (C=O) groups is 1. The van der Waals surface area contributed by atoms with Gasteiger partial charge in [-0.1, -0.05) is 19.1 Å². The van der Waals surface area contributed by atoms with Gasteiger partial charge in [0, 0.05) is 5.56 Å². The lowest BCUT2D eigenvalue weighted by Gasteiger charge is -2.13. The largest absolute Gasteiger partial charge is 0.490 e. The van der Waals surface area contributed by atoms with Crippen LogP contribution in [0.25, 0.3) is 0 Å². The molecule has 0 N–H and O–H groups in total. The van der Waals surface area contributed by atoms with Gasteiger partial charge in [0.2, 0.25) is 0 Å². The predicted molar refractivity (Wildman–Crippen MR) is 74.0 cm³/mol. The van der Waals surface area contributed by atoms with Crippen molar-refractivity contribution >= 4 is 6.29 Å². The fourth-order valence-corrected chi connectivity index (χ4v) is 1.72. The molecule has 0 radical (unpaired) electrons. The molecule has 110 valence electrons. The summed E-state index contributed by atoms with van der Waals surface area (Å²) in [6.07, 6.45) is 1.17. The number of ether oxygens (including phenoxy) is 2. The second kappa shape index (κ2) is 6.83. The van der Waals surface area contributed by atoms with E-state index in [9.17, 15) is 13.6 Å². The molecule has 0 amide bonds. The van der Waals surface area contributed by atoms with Crippen molar-refractivity contribution in [1.82, 2.24) is 0 Å². The van der Waals surface area contributed by atoms with Crippen molar-refractivity contribution in [2.45, 2.75) is 13.3 Å². The fourth-order valence-electron chi connectivity index (χ4n) is 1.72. The van der Waals surface area contributed by atoms with Crippen molar-refractivity contribution in [3.63, 3.8) is 0 Å². The Bertz CT molecular complexity index is 618. The van der Waals surface area contributed by atoms with Crippen molar-refractivity contribution < 1.29 is 23.0 Å². The lowest BCUT2D eigenvalue weighted by molar-refractivity contribution is 0.112. The highest BCUT2D eigenvalue weighted by Gasteiger charge is 2.15. The minimum Gasteiger partial charge on any atom is -0.490 e.